The third-order valence-corrected chi connectivity index (χ3v) is 2.63. The summed E-state index contributed by atoms with van der Waals surface area (Å²) < 4.78 is 41.5. The lowest BCUT2D eigenvalue weighted by Crippen LogP contribution is -2.28. The van der Waals surface area contributed by atoms with E-state index in [0.29, 0.717) is 0 Å². The van der Waals surface area contributed by atoms with Gasteiger partial charge in [0, 0.05) is 5.39 Å². The summed E-state index contributed by atoms with van der Waals surface area (Å²) in [5.41, 5.74) is -2.57. The van der Waals surface area contributed by atoms with Crippen LogP contribution in [0.4, 0.5) is 13.2 Å². The summed E-state index contributed by atoms with van der Waals surface area (Å²) in [7, 11) is 0. The second-order valence-corrected chi connectivity index (χ2v) is 3.78. The summed E-state index contributed by atoms with van der Waals surface area (Å²) in [6.07, 6.45) is -5.18. The molecule has 0 saturated heterocycles. The molecule has 0 atom stereocenters. The van der Waals surface area contributed by atoms with E-state index in [1.165, 1.54) is 24.3 Å². The molecule has 94 valence electrons. The van der Waals surface area contributed by atoms with Gasteiger partial charge in [-0.25, -0.2) is 4.79 Å². The Balaban J connectivity index is 2.81. The van der Waals surface area contributed by atoms with Crippen LogP contribution in [0.1, 0.15) is 10.4 Å². The van der Waals surface area contributed by atoms with E-state index in [1.54, 1.807) is 0 Å². The Labute approximate surface area is 103 Å². The molecule has 0 radical (unpaired) electrons. The van der Waals surface area contributed by atoms with Crippen LogP contribution in [0.25, 0.3) is 11.0 Å². The van der Waals surface area contributed by atoms with Crippen LogP contribution in [0, 0.1) is 0 Å². The summed E-state index contributed by atoms with van der Waals surface area (Å²) >= 11 is 5.67. The average molecular weight is 277 g/mol. The van der Waals surface area contributed by atoms with E-state index in [4.69, 9.17) is 11.6 Å². The van der Waals surface area contributed by atoms with Crippen LogP contribution >= 0.6 is 11.6 Å². The Morgan fingerprint density at radius 1 is 1.22 bits per heavy atom. The molecule has 2 aromatic rings. The van der Waals surface area contributed by atoms with Gasteiger partial charge in [-0.05, 0) is 12.1 Å². The van der Waals surface area contributed by atoms with Gasteiger partial charge in [-0.2, -0.15) is 13.2 Å². The van der Waals surface area contributed by atoms with E-state index >= 15 is 0 Å². The molecule has 0 aliphatic carbocycles. The van der Waals surface area contributed by atoms with Crippen molar-refractivity contribution in [2.24, 2.45) is 0 Å². The fraction of sp³-hybridized carbons (Fsp3) is 0.0909. The monoisotopic (exact) mass is 276 g/mol. The van der Waals surface area contributed by atoms with Crippen molar-refractivity contribution in [3.8, 4) is 0 Å². The van der Waals surface area contributed by atoms with Crippen LogP contribution in [0.15, 0.2) is 33.5 Å². The van der Waals surface area contributed by atoms with Gasteiger partial charge in [0.05, 0.1) is 5.02 Å². The third kappa shape index (κ3) is 1.99. The molecule has 1 aromatic heterocycles. The zero-order valence-corrected chi connectivity index (χ0v) is 9.30. The number of carbonyl (C=O) groups excluding carboxylic acids is 1. The summed E-state index contributed by atoms with van der Waals surface area (Å²) in [6, 6.07) is 5.74. The van der Waals surface area contributed by atoms with E-state index in [2.05, 4.69) is 4.42 Å². The summed E-state index contributed by atoms with van der Waals surface area (Å²) in [6.45, 7) is 0. The van der Waals surface area contributed by atoms with E-state index in [1.807, 2.05) is 0 Å². The molecule has 0 aliphatic heterocycles. The van der Waals surface area contributed by atoms with Crippen molar-refractivity contribution in [2.45, 2.75) is 6.18 Å². The van der Waals surface area contributed by atoms with Crippen LogP contribution in [-0.4, -0.2) is 12.0 Å². The first-order chi connectivity index (χ1) is 8.32. The number of rotatable bonds is 1. The Bertz CT molecular complexity index is 688. The summed E-state index contributed by atoms with van der Waals surface area (Å²) in [4.78, 5) is 22.5. The lowest BCUT2D eigenvalue weighted by molar-refractivity contribution is -0.0887. The highest BCUT2D eigenvalue weighted by Gasteiger charge is 2.42. The third-order valence-electron chi connectivity index (χ3n) is 2.23. The van der Waals surface area contributed by atoms with E-state index in [9.17, 15) is 22.8 Å². The van der Waals surface area contributed by atoms with Gasteiger partial charge in [-0.1, -0.05) is 23.7 Å². The van der Waals surface area contributed by atoms with Crippen LogP contribution in [0.5, 0.6) is 0 Å². The summed E-state index contributed by atoms with van der Waals surface area (Å²) in [5.74, 6) is -2.31. The minimum Gasteiger partial charge on any atom is -0.422 e. The predicted molar refractivity (Wildman–Crippen MR) is 57.9 cm³/mol. The van der Waals surface area contributed by atoms with Crippen molar-refractivity contribution < 1.29 is 22.4 Å². The van der Waals surface area contributed by atoms with Gasteiger partial charge >= 0.3 is 11.8 Å². The molecule has 7 heteroatoms. The molecule has 0 bridgehead atoms. The van der Waals surface area contributed by atoms with E-state index in [-0.39, 0.29) is 11.0 Å². The normalized spacial score (nSPS) is 11.8. The standard InChI is InChI=1S/C11H4ClF3O3/c12-8-5-3-1-2-4-6(5)18-10(17)7(8)9(16)11(13,14)15/h1-4H. The number of alkyl halides is 3. The highest BCUT2D eigenvalue weighted by Crippen LogP contribution is 2.29. The van der Waals surface area contributed by atoms with Crippen molar-refractivity contribution in [3.63, 3.8) is 0 Å². The van der Waals surface area contributed by atoms with Crippen LogP contribution in [0.3, 0.4) is 0 Å². The molecule has 18 heavy (non-hydrogen) atoms. The van der Waals surface area contributed by atoms with E-state index in [0.717, 1.165) is 0 Å². The number of hydrogen-bond donors (Lipinski definition) is 0. The molecule has 0 amide bonds. The first-order valence-corrected chi connectivity index (χ1v) is 5.03. The van der Waals surface area contributed by atoms with E-state index < -0.39 is 28.2 Å². The molecule has 1 aromatic carbocycles. The van der Waals surface area contributed by atoms with Crippen molar-refractivity contribution in [1.82, 2.24) is 0 Å². The summed E-state index contributed by atoms with van der Waals surface area (Å²) in [5, 5.41) is -0.476. The minimum absolute atomic E-state index is 0.0197. The molecule has 0 N–H and O–H groups in total. The molecular formula is C11H4ClF3O3. The molecule has 0 spiro atoms. The number of hydrogen-bond acceptors (Lipinski definition) is 3. The maximum atomic E-state index is 12.3. The second-order valence-electron chi connectivity index (χ2n) is 3.40. The van der Waals surface area contributed by atoms with Gasteiger partial charge in [-0.3, -0.25) is 4.79 Å². The highest BCUT2D eigenvalue weighted by molar-refractivity contribution is 6.38. The molecule has 0 fully saturated rings. The van der Waals surface area contributed by atoms with Gasteiger partial charge in [-0.15, -0.1) is 0 Å². The van der Waals surface area contributed by atoms with Gasteiger partial charge in [0.2, 0.25) is 0 Å². The smallest absolute Gasteiger partial charge is 0.422 e. The van der Waals surface area contributed by atoms with Gasteiger partial charge in [0.15, 0.2) is 0 Å². The Morgan fingerprint density at radius 2 is 1.83 bits per heavy atom. The Hall–Kier alpha value is -1.82. The number of halogens is 4. The maximum Gasteiger partial charge on any atom is 0.455 e. The number of carbonyl (C=O) groups is 1. The van der Waals surface area contributed by atoms with Gasteiger partial charge < -0.3 is 4.42 Å². The van der Waals surface area contributed by atoms with Crippen molar-refractivity contribution in [3.05, 3.63) is 45.3 Å². The first kappa shape index (κ1) is 12.6. The zero-order chi connectivity index (χ0) is 13.5. The topological polar surface area (TPSA) is 47.3 Å². The average Bonchev–Trinajstić information content (AvgIpc) is 2.27. The van der Waals surface area contributed by atoms with Gasteiger partial charge in [0.1, 0.15) is 11.1 Å². The SMILES string of the molecule is O=C(c1c(Cl)c2ccccc2oc1=O)C(F)(F)F. The molecule has 0 unspecified atom stereocenters. The quantitative estimate of drug-likeness (QED) is 0.593. The lowest BCUT2D eigenvalue weighted by atomic mass is 10.1. The molecular weight excluding hydrogens is 273 g/mol. The molecule has 3 nitrogen and oxygen atoms in total. The maximum absolute atomic E-state index is 12.3. The lowest BCUT2D eigenvalue weighted by Gasteiger charge is -2.07. The van der Waals surface area contributed by atoms with Crippen LogP contribution < -0.4 is 5.63 Å². The first-order valence-electron chi connectivity index (χ1n) is 4.65. The van der Waals surface area contributed by atoms with Crippen molar-refractivity contribution in [1.29, 1.82) is 0 Å². The Morgan fingerprint density at radius 3 is 2.44 bits per heavy atom. The number of benzene rings is 1. The van der Waals surface area contributed by atoms with Crippen molar-refractivity contribution in [2.75, 3.05) is 0 Å². The molecule has 1 heterocycles. The predicted octanol–water partition coefficient (Wildman–Crippen LogP) is 3.19. The van der Waals surface area contributed by atoms with Crippen molar-refractivity contribution >= 4 is 28.4 Å². The number of para-hydroxylation sites is 1. The van der Waals surface area contributed by atoms with Crippen LogP contribution in [-0.2, 0) is 0 Å². The van der Waals surface area contributed by atoms with Crippen LogP contribution in [0.2, 0.25) is 5.02 Å². The zero-order valence-electron chi connectivity index (χ0n) is 8.55. The number of fused-ring (bicyclic) bond motifs is 1. The largest absolute Gasteiger partial charge is 0.455 e. The fourth-order valence-electron chi connectivity index (χ4n) is 1.45. The minimum atomic E-state index is -5.18. The molecule has 0 saturated carbocycles. The molecule has 0 aliphatic rings. The molecule has 2 rings (SSSR count). The highest BCUT2D eigenvalue weighted by atomic mass is 35.5. The number of ketones is 1. The van der Waals surface area contributed by atoms with Gasteiger partial charge in [0.25, 0.3) is 5.78 Å². The second kappa shape index (κ2) is 4.13. The number of Topliss-reactive ketones (excluding diaryl/α,β-unsaturated/α-hetero) is 1. The Kier molecular flexibility index (Phi) is 2.90. The fourth-order valence-corrected chi connectivity index (χ4v) is 1.77.